The lowest BCUT2D eigenvalue weighted by molar-refractivity contribution is 0.0599. The van der Waals surface area contributed by atoms with Gasteiger partial charge in [-0.1, -0.05) is 30.3 Å². The molecule has 1 aromatic carbocycles. The molecule has 0 aliphatic rings. The van der Waals surface area contributed by atoms with Crippen molar-refractivity contribution in [2.75, 3.05) is 12.5 Å². The first kappa shape index (κ1) is 20.4. The van der Waals surface area contributed by atoms with E-state index in [1.54, 1.807) is 31.2 Å². The first-order valence-corrected chi connectivity index (χ1v) is 8.60. The maximum Gasteiger partial charge on any atom is 0.185 e. The Labute approximate surface area is 149 Å². The molecule has 24 heavy (non-hydrogen) atoms. The Morgan fingerprint density at radius 2 is 2.04 bits per heavy atom. The van der Waals surface area contributed by atoms with Crippen LogP contribution in [-0.2, 0) is 11.2 Å². The Balaban J connectivity index is 2.70. The summed E-state index contributed by atoms with van der Waals surface area (Å²) in [5, 5.41) is 9.91. The van der Waals surface area contributed by atoms with Crippen LogP contribution in [0.3, 0.4) is 0 Å². The highest BCUT2D eigenvalue weighted by Crippen LogP contribution is 2.10. The number of allylic oxidation sites excluding steroid dienone is 2. The van der Waals surface area contributed by atoms with E-state index in [2.05, 4.69) is 0 Å². The molecule has 132 valence electrons. The summed E-state index contributed by atoms with van der Waals surface area (Å²) < 4.78 is 5.55. The van der Waals surface area contributed by atoms with Gasteiger partial charge in [0.1, 0.15) is 0 Å². The van der Waals surface area contributed by atoms with Crippen LogP contribution < -0.4 is 5.73 Å². The molecule has 2 unspecified atom stereocenters. The summed E-state index contributed by atoms with van der Waals surface area (Å²) in [7, 11) is 0. The molecule has 0 aliphatic carbocycles. The van der Waals surface area contributed by atoms with E-state index in [0.717, 1.165) is 12.0 Å². The first-order chi connectivity index (χ1) is 11.5. The van der Waals surface area contributed by atoms with Crippen molar-refractivity contribution in [1.29, 1.82) is 0 Å². The van der Waals surface area contributed by atoms with Gasteiger partial charge in [-0.3, -0.25) is 4.79 Å². The van der Waals surface area contributed by atoms with Gasteiger partial charge in [-0.05, 0) is 38.0 Å². The topological polar surface area (TPSA) is 72.5 Å². The van der Waals surface area contributed by atoms with Crippen molar-refractivity contribution >= 4 is 17.4 Å². The number of carbonyl (C=O) groups excluding carboxylic acids is 1. The largest absolute Gasteiger partial charge is 0.402 e. The molecule has 0 spiro atoms. The Bertz CT molecular complexity index is 562. The molecule has 2 atom stereocenters. The molecule has 0 heterocycles. The van der Waals surface area contributed by atoms with Crippen LogP contribution in [0.25, 0.3) is 0 Å². The Kier molecular flexibility index (Phi) is 9.38. The minimum Gasteiger partial charge on any atom is -0.402 e. The minimum absolute atomic E-state index is 0.0998. The second kappa shape index (κ2) is 11.0. The van der Waals surface area contributed by atoms with Crippen LogP contribution in [0.5, 0.6) is 0 Å². The summed E-state index contributed by atoms with van der Waals surface area (Å²) in [6, 6.07) is 7.39. The van der Waals surface area contributed by atoms with Gasteiger partial charge in [0.25, 0.3) is 0 Å². The average molecular weight is 352 g/mol. The molecular formula is C19H26ClNO3. The highest BCUT2D eigenvalue weighted by atomic mass is 35.5. The summed E-state index contributed by atoms with van der Waals surface area (Å²) in [5.74, 6) is 0.458. The van der Waals surface area contributed by atoms with Crippen molar-refractivity contribution in [1.82, 2.24) is 0 Å². The van der Waals surface area contributed by atoms with Gasteiger partial charge in [-0.2, -0.15) is 0 Å². The minimum atomic E-state index is -0.707. The number of hydrogen-bond acceptors (Lipinski definition) is 4. The molecule has 0 aromatic heterocycles. The molecule has 0 bridgehead atoms. The summed E-state index contributed by atoms with van der Waals surface area (Å²) in [5.41, 5.74) is 7.82. The molecule has 4 nitrogen and oxygen atoms in total. The average Bonchev–Trinajstić information content (AvgIpc) is 2.52. The fraction of sp³-hybridized carbons (Fsp3) is 0.421. The molecule has 5 heteroatoms. The number of aryl methyl sites for hydroxylation is 1. The van der Waals surface area contributed by atoms with Crippen LogP contribution in [0.4, 0.5) is 0 Å². The van der Waals surface area contributed by atoms with Crippen molar-refractivity contribution in [2.24, 2.45) is 5.73 Å². The zero-order valence-corrected chi connectivity index (χ0v) is 15.0. The van der Waals surface area contributed by atoms with Crippen LogP contribution in [0.1, 0.15) is 36.2 Å². The number of halogens is 1. The number of carbonyl (C=O) groups is 1. The number of ether oxygens (including phenoxy) is 1. The molecule has 3 N–H and O–H groups in total. The van der Waals surface area contributed by atoms with E-state index in [-0.39, 0.29) is 11.9 Å². The fourth-order valence-corrected chi connectivity index (χ4v) is 2.48. The Morgan fingerprint density at radius 3 is 2.58 bits per heavy atom. The molecule has 0 radical (unpaired) electrons. The first-order valence-electron chi connectivity index (χ1n) is 8.07. The van der Waals surface area contributed by atoms with E-state index >= 15 is 0 Å². The second-order valence-electron chi connectivity index (χ2n) is 5.57. The molecule has 0 saturated heterocycles. The zero-order valence-electron chi connectivity index (χ0n) is 14.2. The van der Waals surface area contributed by atoms with Gasteiger partial charge < -0.3 is 15.6 Å². The number of aliphatic hydroxyl groups excluding tert-OH is 1. The third kappa shape index (κ3) is 7.77. The van der Waals surface area contributed by atoms with E-state index in [9.17, 15) is 9.90 Å². The number of aliphatic hydroxyl groups is 1. The quantitative estimate of drug-likeness (QED) is 0.385. The third-order valence-electron chi connectivity index (χ3n) is 3.39. The smallest absolute Gasteiger partial charge is 0.185 e. The highest BCUT2D eigenvalue weighted by Gasteiger charge is 2.11. The summed E-state index contributed by atoms with van der Waals surface area (Å²) >= 11 is 5.70. The van der Waals surface area contributed by atoms with Crippen LogP contribution in [-0.4, -0.2) is 35.6 Å². The monoisotopic (exact) mass is 351 g/mol. The SMILES string of the molecule is CCOC(/C=C/C(=O)c1ccc(CCCl)cc1)CC(O)/C=C(\C)N. The second-order valence-corrected chi connectivity index (χ2v) is 5.94. The maximum atomic E-state index is 12.2. The normalized spacial score (nSPS) is 14.8. The van der Waals surface area contributed by atoms with E-state index in [4.69, 9.17) is 22.1 Å². The number of ketones is 1. The Morgan fingerprint density at radius 1 is 1.38 bits per heavy atom. The molecule has 0 saturated carbocycles. The molecular weight excluding hydrogens is 326 g/mol. The molecule has 1 rings (SSSR count). The maximum absolute atomic E-state index is 12.2. The zero-order chi connectivity index (χ0) is 17.9. The van der Waals surface area contributed by atoms with Gasteiger partial charge in [0.15, 0.2) is 5.78 Å². The van der Waals surface area contributed by atoms with Gasteiger partial charge in [-0.25, -0.2) is 0 Å². The van der Waals surface area contributed by atoms with E-state index < -0.39 is 6.10 Å². The number of alkyl halides is 1. The molecule has 0 fully saturated rings. The number of benzene rings is 1. The summed E-state index contributed by atoms with van der Waals surface area (Å²) in [4.78, 5) is 12.2. The molecule has 0 aliphatic heterocycles. The van der Waals surface area contributed by atoms with Crippen molar-refractivity contribution in [3.63, 3.8) is 0 Å². The van der Waals surface area contributed by atoms with Gasteiger partial charge in [0.05, 0.1) is 12.2 Å². The van der Waals surface area contributed by atoms with E-state index in [1.165, 1.54) is 6.08 Å². The third-order valence-corrected chi connectivity index (χ3v) is 3.58. The van der Waals surface area contributed by atoms with Crippen LogP contribution in [0.15, 0.2) is 48.2 Å². The van der Waals surface area contributed by atoms with E-state index in [0.29, 0.717) is 30.2 Å². The fourth-order valence-electron chi connectivity index (χ4n) is 2.26. The van der Waals surface area contributed by atoms with Crippen LogP contribution in [0.2, 0.25) is 0 Å². The lowest BCUT2D eigenvalue weighted by Crippen LogP contribution is -2.19. The van der Waals surface area contributed by atoms with Crippen LogP contribution >= 0.6 is 11.6 Å². The standard InChI is InChI=1S/C19H26ClNO3/c1-3-24-18(13-17(22)12-14(2)21)8-9-19(23)16-6-4-15(5-7-16)10-11-20/h4-9,12,17-18,22H,3,10-11,13,21H2,1-2H3/b9-8+,14-12+. The number of nitrogens with two attached hydrogens (primary N) is 1. The van der Waals surface area contributed by atoms with Crippen molar-refractivity contribution < 1.29 is 14.6 Å². The van der Waals surface area contributed by atoms with Crippen molar-refractivity contribution in [3.8, 4) is 0 Å². The highest BCUT2D eigenvalue weighted by molar-refractivity contribution is 6.18. The lowest BCUT2D eigenvalue weighted by Gasteiger charge is -2.15. The van der Waals surface area contributed by atoms with Gasteiger partial charge in [0, 0.05) is 30.2 Å². The van der Waals surface area contributed by atoms with Gasteiger partial charge in [-0.15, -0.1) is 11.6 Å². The number of rotatable bonds is 10. The van der Waals surface area contributed by atoms with Gasteiger partial charge in [0.2, 0.25) is 0 Å². The predicted octanol–water partition coefficient (Wildman–Crippen LogP) is 3.23. The van der Waals surface area contributed by atoms with Gasteiger partial charge >= 0.3 is 0 Å². The summed E-state index contributed by atoms with van der Waals surface area (Å²) in [6.45, 7) is 4.08. The van der Waals surface area contributed by atoms with Crippen LogP contribution in [0, 0.1) is 0 Å². The number of hydrogen-bond donors (Lipinski definition) is 2. The molecule has 1 aromatic rings. The molecule has 0 amide bonds. The van der Waals surface area contributed by atoms with E-state index in [1.807, 2.05) is 19.1 Å². The van der Waals surface area contributed by atoms with Crippen molar-refractivity contribution in [3.05, 3.63) is 59.3 Å². The lowest BCUT2D eigenvalue weighted by atomic mass is 10.0. The Hall–Kier alpha value is -1.62. The van der Waals surface area contributed by atoms with Crippen molar-refractivity contribution in [2.45, 2.75) is 38.9 Å². The summed E-state index contributed by atoms with van der Waals surface area (Å²) in [6.07, 6.45) is 4.81. The predicted molar refractivity (Wildman–Crippen MR) is 98.3 cm³/mol.